The number of aromatic nitrogens is 2. The molecule has 1 aromatic carbocycles. The third-order valence-corrected chi connectivity index (χ3v) is 2.90. The molecule has 21 heavy (non-hydrogen) atoms. The predicted octanol–water partition coefficient (Wildman–Crippen LogP) is 2.88. The maximum absolute atomic E-state index is 9.14. The zero-order valence-corrected chi connectivity index (χ0v) is 14.0. The fourth-order valence-corrected chi connectivity index (χ4v) is 1.95. The molecule has 1 radical (unpaired) electrons. The van der Waals surface area contributed by atoms with Crippen molar-refractivity contribution < 1.29 is 37.4 Å². The Balaban J connectivity index is 0.00000161. The molecule has 0 spiro atoms. The van der Waals surface area contributed by atoms with Crippen molar-refractivity contribution in [2.24, 2.45) is 0 Å². The van der Waals surface area contributed by atoms with E-state index >= 15 is 0 Å². The van der Waals surface area contributed by atoms with E-state index in [9.17, 15) is 0 Å². The number of nitriles is 1. The van der Waals surface area contributed by atoms with Crippen LogP contribution in [0, 0.1) is 17.5 Å². The molecule has 0 saturated carbocycles. The second kappa shape index (κ2) is 7.26. The van der Waals surface area contributed by atoms with Gasteiger partial charge in [-0.25, -0.2) is 4.98 Å². The Labute approximate surface area is 147 Å². The van der Waals surface area contributed by atoms with E-state index in [2.05, 4.69) is 22.2 Å². The summed E-state index contributed by atoms with van der Waals surface area (Å²) < 4.78 is 5.79. The first-order chi connectivity index (χ1) is 9.88. The molecule has 0 bridgehead atoms. The number of rotatable bonds is 3. The smallest absolute Gasteiger partial charge is 0.129 e. The van der Waals surface area contributed by atoms with Crippen LogP contribution in [0.3, 0.4) is 0 Å². The summed E-state index contributed by atoms with van der Waals surface area (Å²) in [6.07, 6.45) is 4.34. The topological polar surface area (TPSA) is 58.8 Å². The van der Waals surface area contributed by atoms with E-state index < -0.39 is 0 Å². The van der Waals surface area contributed by atoms with Gasteiger partial charge in [0.05, 0.1) is 6.61 Å². The first-order valence-corrected chi connectivity index (χ1v) is 6.11. The maximum atomic E-state index is 9.14. The van der Waals surface area contributed by atoms with Gasteiger partial charge in [0.2, 0.25) is 0 Å². The molecule has 2 aromatic heterocycles. The van der Waals surface area contributed by atoms with Crippen molar-refractivity contribution in [2.75, 3.05) is 0 Å². The van der Waals surface area contributed by atoms with E-state index in [1.54, 1.807) is 18.3 Å². The molecule has 4 nitrogen and oxygen atoms in total. The average molecular weight is 349 g/mol. The van der Waals surface area contributed by atoms with E-state index in [0.717, 1.165) is 5.56 Å². The first kappa shape index (κ1) is 15.6. The van der Waals surface area contributed by atoms with E-state index in [1.807, 2.05) is 30.3 Å². The number of benzene rings is 1. The number of pyridine rings is 2. The van der Waals surface area contributed by atoms with Crippen LogP contribution in [0.2, 0.25) is 0 Å². The van der Waals surface area contributed by atoms with Crippen molar-refractivity contribution in [1.29, 1.82) is 5.26 Å². The molecule has 5 heteroatoms. The molecule has 0 atom stereocenters. The Kier molecular flexibility index (Phi) is 5.38. The molecule has 0 aliphatic carbocycles. The molecule has 0 aliphatic heterocycles. The van der Waals surface area contributed by atoms with E-state index in [-0.39, 0.29) is 32.7 Å². The van der Waals surface area contributed by atoms with Gasteiger partial charge in [0, 0.05) is 44.7 Å². The Morgan fingerprint density at radius 2 is 2.00 bits per heavy atom. The third-order valence-electron chi connectivity index (χ3n) is 2.90. The van der Waals surface area contributed by atoms with Crippen LogP contribution in [0.1, 0.15) is 11.3 Å². The second-order valence-corrected chi connectivity index (χ2v) is 4.19. The normalized spacial score (nSPS) is 9.67. The minimum absolute atomic E-state index is 0. The molecular weight excluding hydrogens is 339 g/mol. The maximum Gasteiger partial charge on any atom is 0.129 e. The standard InChI is InChI=1S/C16H10N3O.Y/c17-10-14-16-13(6-8-19-14)18-9-7-15(16)20-11-12-4-2-1-3-5-12;/h1-8H,11H2;/q-1;. The van der Waals surface area contributed by atoms with Crippen LogP contribution in [0.4, 0.5) is 0 Å². The summed E-state index contributed by atoms with van der Waals surface area (Å²) in [5, 5.41) is 9.77. The van der Waals surface area contributed by atoms with Crippen LogP contribution in [-0.2, 0) is 39.3 Å². The van der Waals surface area contributed by atoms with Crippen LogP contribution in [-0.4, -0.2) is 9.97 Å². The Morgan fingerprint density at radius 1 is 1.19 bits per heavy atom. The average Bonchev–Trinajstić information content (AvgIpc) is 2.53. The van der Waals surface area contributed by atoms with Crippen molar-refractivity contribution in [1.82, 2.24) is 9.97 Å². The Morgan fingerprint density at radius 3 is 2.76 bits per heavy atom. The Hall–Kier alpha value is -1.83. The molecule has 0 N–H and O–H groups in total. The van der Waals surface area contributed by atoms with Gasteiger partial charge in [-0.3, -0.25) is 0 Å². The van der Waals surface area contributed by atoms with Crippen molar-refractivity contribution in [3.63, 3.8) is 0 Å². The number of ether oxygens (including phenoxy) is 1. The van der Waals surface area contributed by atoms with E-state index in [1.165, 1.54) is 0 Å². The van der Waals surface area contributed by atoms with Crippen LogP contribution < -0.4 is 4.74 Å². The SMILES string of the molecule is N#Cc1nccc2n[c-]cc(OCc3ccccc3)c12.[Y]. The molecule has 3 rings (SSSR count). The largest absolute Gasteiger partial charge is 0.546 e. The number of fused-ring (bicyclic) bond motifs is 1. The van der Waals surface area contributed by atoms with Gasteiger partial charge >= 0.3 is 0 Å². The van der Waals surface area contributed by atoms with Crippen molar-refractivity contribution in [3.05, 3.63) is 66.1 Å². The summed E-state index contributed by atoms with van der Waals surface area (Å²) in [5.74, 6) is 0.573. The van der Waals surface area contributed by atoms with E-state index in [0.29, 0.717) is 29.0 Å². The van der Waals surface area contributed by atoms with Gasteiger partial charge in [0.1, 0.15) is 11.8 Å². The molecule has 99 valence electrons. The fourth-order valence-electron chi connectivity index (χ4n) is 1.95. The zero-order chi connectivity index (χ0) is 13.8. The van der Waals surface area contributed by atoms with Gasteiger partial charge in [-0.2, -0.15) is 5.26 Å². The van der Waals surface area contributed by atoms with Gasteiger partial charge in [0.15, 0.2) is 0 Å². The number of hydrogen-bond donors (Lipinski definition) is 0. The summed E-state index contributed by atoms with van der Waals surface area (Å²) in [5.41, 5.74) is 2.02. The predicted molar refractivity (Wildman–Crippen MR) is 73.9 cm³/mol. The summed E-state index contributed by atoms with van der Waals surface area (Å²) in [7, 11) is 0. The van der Waals surface area contributed by atoms with Gasteiger partial charge < -0.3 is 9.72 Å². The quantitative estimate of drug-likeness (QED) is 0.683. The molecule has 3 aromatic rings. The van der Waals surface area contributed by atoms with Gasteiger partial charge in [-0.1, -0.05) is 42.6 Å². The van der Waals surface area contributed by atoms with Crippen LogP contribution in [0.25, 0.3) is 10.9 Å². The number of hydrogen-bond acceptors (Lipinski definition) is 4. The van der Waals surface area contributed by atoms with Crippen molar-refractivity contribution >= 4 is 10.9 Å². The van der Waals surface area contributed by atoms with Gasteiger partial charge in [-0.15, -0.1) is 6.07 Å². The molecular formula is C16H10N3OY-. The molecule has 0 saturated heterocycles. The van der Waals surface area contributed by atoms with Crippen LogP contribution in [0.5, 0.6) is 5.75 Å². The summed E-state index contributed by atoms with van der Waals surface area (Å²) >= 11 is 0. The molecule has 0 fully saturated rings. The summed E-state index contributed by atoms with van der Waals surface area (Å²) in [4.78, 5) is 8.16. The number of nitrogens with zero attached hydrogens (tertiary/aromatic N) is 3. The minimum Gasteiger partial charge on any atom is -0.546 e. The molecule has 0 unspecified atom stereocenters. The molecule has 0 aliphatic rings. The minimum atomic E-state index is 0. The second-order valence-electron chi connectivity index (χ2n) is 4.19. The van der Waals surface area contributed by atoms with Crippen LogP contribution in [0.15, 0.2) is 48.7 Å². The van der Waals surface area contributed by atoms with Gasteiger partial charge in [-0.05, 0) is 16.5 Å². The zero-order valence-electron chi connectivity index (χ0n) is 11.2. The van der Waals surface area contributed by atoms with Crippen LogP contribution >= 0.6 is 0 Å². The molecule has 2 heterocycles. The van der Waals surface area contributed by atoms with Gasteiger partial charge in [0.25, 0.3) is 0 Å². The monoisotopic (exact) mass is 349 g/mol. The fraction of sp³-hybridized carbons (Fsp3) is 0.0625. The van der Waals surface area contributed by atoms with Crippen molar-refractivity contribution in [3.8, 4) is 11.8 Å². The van der Waals surface area contributed by atoms with Crippen molar-refractivity contribution in [2.45, 2.75) is 6.61 Å². The summed E-state index contributed by atoms with van der Waals surface area (Å²) in [6.45, 7) is 0.424. The first-order valence-electron chi connectivity index (χ1n) is 6.11. The summed E-state index contributed by atoms with van der Waals surface area (Å²) in [6, 6.07) is 15.3. The molecule has 0 amide bonds. The third kappa shape index (κ3) is 3.44. The Bertz CT molecular complexity index is 779. The van der Waals surface area contributed by atoms with E-state index in [4.69, 9.17) is 10.00 Å².